The van der Waals surface area contributed by atoms with E-state index in [4.69, 9.17) is 14.2 Å². The van der Waals surface area contributed by atoms with Crippen molar-refractivity contribution in [3.05, 3.63) is 58.3 Å². The van der Waals surface area contributed by atoms with Gasteiger partial charge in [0.1, 0.15) is 5.75 Å². The van der Waals surface area contributed by atoms with Crippen molar-refractivity contribution in [2.24, 2.45) is 0 Å². The molecule has 0 fully saturated rings. The van der Waals surface area contributed by atoms with Gasteiger partial charge in [-0.1, -0.05) is 12.1 Å². The fraction of sp³-hybridized carbons (Fsp3) is 0.211. The van der Waals surface area contributed by atoms with Crippen molar-refractivity contribution in [1.82, 2.24) is 0 Å². The number of ketones is 1. The molecule has 0 saturated carbocycles. The molecule has 2 aromatic carbocycles. The number of methoxy groups -OCH3 is 2. The van der Waals surface area contributed by atoms with Crippen LogP contribution in [0.25, 0.3) is 6.08 Å². The Morgan fingerprint density at radius 1 is 1.04 bits per heavy atom. The summed E-state index contributed by atoms with van der Waals surface area (Å²) in [5.74, 6) is 1.95. The first-order chi connectivity index (χ1) is 11.0. The predicted molar refractivity (Wildman–Crippen MR) is 88.4 cm³/mol. The Balaban J connectivity index is 2.05. The number of fused-ring (bicyclic) bond motifs is 1. The van der Waals surface area contributed by atoms with Gasteiger partial charge in [0, 0.05) is 5.56 Å². The maximum absolute atomic E-state index is 12.6. The molecule has 23 heavy (non-hydrogen) atoms. The molecule has 0 atom stereocenters. The Morgan fingerprint density at radius 2 is 1.78 bits per heavy atom. The number of Topliss-reactive ketones (excluding diaryl/α,β-unsaturated/α-hetero) is 1. The highest BCUT2D eigenvalue weighted by molar-refractivity contribution is 6.14. The number of carbonyl (C=O) groups excluding carboxylic acids is 1. The summed E-state index contributed by atoms with van der Waals surface area (Å²) in [7, 11) is 3.14. The molecule has 0 spiro atoms. The van der Waals surface area contributed by atoms with Crippen molar-refractivity contribution in [3.8, 4) is 17.2 Å². The average molecular weight is 310 g/mol. The van der Waals surface area contributed by atoms with Crippen molar-refractivity contribution in [3.63, 3.8) is 0 Å². The average Bonchev–Trinajstić information content (AvgIpc) is 2.83. The van der Waals surface area contributed by atoms with Crippen LogP contribution in [0, 0.1) is 13.8 Å². The van der Waals surface area contributed by atoms with E-state index in [2.05, 4.69) is 0 Å². The van der Waals surface area contributed by atoms with E-state index in [1.807, 2.05) is 38.1 Å². The van der Waals surface area contributed by atoms with E-state index in [1.165, 1.54) is 0 Å². The molecule has 0 unspecified atom stereocenters. The van der Waals surface area contributed by atoms with Crippen LogP contribution in [0.5, 0.6) is 17.2 Å². The van der Waals surface area contributed by atoms with Crippen molar-refractivity contribution in [2.75, 3.05) is 14.2 Å². The fourth-order valence-corrected chi connectivity index (χ4v) is 2.61. The quantitative estimate of drug-likeness (QED) is 0.806. The molecule has 0 N–H and O–H groups in total. The molecule has 1 heterocycles. The van der Waals surface area contributed by atoms with Crippen LogP contribution in [0.15, 0.2) is 36.1 Å². The lowest BCUT2D eigenvalue weighted by molar-refractivity contribution is 0.101. The van der Waals surface area contributed by atoms with Crippen LogP contribution in [0.2, 0.25) is 0 Å². The Kier molecular flexibility index (Phi) is 3.82. The lowest BCUT2D eigenvalue weighted by Crippen LogP contribution is -1.99. The number of aryl methyl sites for hydroxylation is 2. The van der Waals surface area contributed by atoms with Gasteiger partial charge in [0.2, 0.25) is 5.78 Å². The molecule has 3 rings (SSSR count). The molecule has 118 valence electrons. The predicted octanol–water partition coefficient (Wildman–Crippen LogP) is 3.94. The van der Waals surface area contributed by atoms with Gasteiger partial charge < -0.3 is 14.2 Å². The smallest absolute Gasteiger partial charge is 0.231 e. The fourth-order valence-electron chi connectivity index (χ4n) is 2.61. The molecule has 1 aliphatic rings. The van der Waals surface area contributed by atoms with Gasteiger partial charge >= 0.3 is 0 Å². The largest absolute Gasteiger partial charge is 0.493 e. The van der Waals surface area contributed by atoms with Crippen LogP contribution in [0.3, 0.4) is 0 Å². The number of carbonyl (C=O) groups is 1. The first-order valence-corrected chi connectivity index (χ1v) is 7.31. The molecule has 4 nitrogen and oxygen atoms in total. The monoisotopic (exact) mass is 310 g/mol. The first kappa shape index (κ1) is 15.2. The number of rotatable bonds is 3. The second kappa shape index (κ2) is 5.80. The maximum Gasteiger partial charge on any atom is 0.231 e. The van der Waals surface area contributed by atoms with Crippen LogP contribution >= 0.6 is 0 Å². The summed E-state index contributed by atoms with van der Waals surface area (Å²) in [6, 6.07) is 9.27. The summed E-state index contributed by atoms with van der Waals surface area (Å²) in [5.41, 5.74) is 3.50. The molecule has 0 saturated heterocycles. The Hall–Kier alpha value is -2.75. The zero-order valence-corrected chi connectivity index (χ0v) is 13.6. The van der Waals surface area contributed by atoms with Crippen molar-refractivity contribution < 1.29 is 19.0 Å². The molecule has 2 aromatic rings. The number of benzene rings is 2. The van der Waals surface area contributed by atoms with Gasteiger partial charge in [0.15, 0.2) is 17.3 Å². The van der Waals surface area contributed by atoms with Crippen LogP contribution in [-0.4, -0.2) is 20.0 Å². The van der Waals surface area contributed by atoms with E-state index in [1.54, 1.807) is 26.4 Å². The summed E-state index contributed by atoms with van der Waals surface area (Å²) in [6.07, 6.45) is 1.69. The first-order valence-electron chi connectivity index (χ1n) is 7.31. The number of para-hydroxylation sites is 1. The van der Waals surface area contributed by atoms with Gasteiger partial charge in [-0.05, 0) is 49.2 Å². The van der Waals surface area contributed by atoms with Crippen LogP contribution < -0.4 is 14.2 Å². The van der Waals surface area contributed by atoms with E-state index in [-0.39, 0.29) is 11.5 Å². The SMILES string of the molecule is COc1cccc(/C=C2\Oc3cc(C)c(C)cc3C2=O)c1OC. The molecule has 0 aliphatic carbocycles. The second-order valence-electron chi connectivity index (χ2n) is 5.46. The zero-order chi connectivity index (χ0) is 16.6. The Labute approximate surface area is 135 Å². The third-order valence-electron chi connectivity index (χ3n) is 4.00. The summed E-state index contributed by atoms with van der Waals surface area (Å²) in [4.78, 5) is 12.6. The molecule has 0 amide bonds. The molecule has 1 aliphatic heterocycles. The third-order valence-corrected chi connectivity index (χ3v) is 4.00. The van der Waals surface area contributed by atoms with Gasteiger partial charge in [0.25, 0.3) is 0 Å². The van der Waals surface area contributed by atoms with Gasteiger partial charge in [0.05, 0.1) is 19.8 Å². The minimum absolute atomic E-state index is 0.118. The molecule has 0 aromatic heterocycles. The maximum atomic E-state index is 12.6. The van der Waals surface area contributed by atoms with E-state index in [9.17, 15) is 4.79 Å². The summed E-state index contributed by atoms with van der Waals surface area (Å²) in [5, 5.41) is 0. The lowest BCUT2D eigenvalue weighted by atomic mass is 10.0. The highest BCUT2D eigenvalue weighted by Gasteiger charge is 2.28. The van der Waals surface area contributed by atoms with Crippen molar-refractivity contribution in [2.45, 2.75) is 13.8 Å². The van der Waals surface area contributed by atoms with Gasteiger partial charge in [-0.25, -0.2) is 0 Å². The normalized spacial score (nSPS) is 14.6. The van der Waals surface area contributed by atoms with Gasteiger partial charge in [-0.15, -0.1) is 0 Å². The Bertz CT molecular complexity index is 818. The topological polar surface area (TPSA) is 44.8 Å². The van der Waals surface area contributed by atoms with Crippen LogP contribution in [0.1, 0.15) is 27.0 Å². The van der Waals surface area contributed by atoms with E-state index in [0.717, 1.165) is 16.7 Å². The standard InChI is InChI=1S/C19H18O4/c1-11-8-14-16(9-12(11)2)23-17(18(14)20)10-13-6-5-7-15(21-3)19(13)22-4/h5-10H,1-4H3/b17-10-. The van der Waals surface area contributed by atoms with Gasteiger partial charge in [-0.3, -0.25) is 4.79 Å². The van der Waals surface area contributed by atoms with Crippen molar-refractivity contribution in [1.29, 1.82) is 0 Å². The lowest BCUT2D eigenvalue weighted by Gasteiger charge is -2.10. The third kappa shape index (κ3) is 2.57. The summed E-state index contributed by atoms with van der Waals surface area (Å²) >= 11 is 0. The van der Waals surface area contributed by atoms with Crippen molar-refractivity contribution >= 4 is 11.9 Å². The van der Waals surface area contributed by atoms with Crippen LogP contribution in [-0.2, 0) is 0 Å². The number of hydrogen-bond donors (Lipinski definition) is 0. The number of allylic oxidation sites excluding steroid dienone is 1. The van der Waals surface area contributed by atoms with E-state index in [0.29, 0.717) is 22.8 Å². The highest BCUT2D eigenvalue weighted by atomic mass is 16.5. The Morgan fingerprint density at radius 3 is 2.48 bits per heavy atom. The molecular formula is C19H18O4. The molecular weight excluding hydrogens is 292 g/mol. The van der Waals surface area contributed by atoms with Gasteiger partial charge in [-0.2, -0.15) is 0 Å². The van der Waals surface area contributed by atoms with E-state index >= 15 is 0 Å². The zero-order valence-electron chi connectivity index (χ0n) is 13.6. The molecule has 4 heteroatoms. The second-order valence-corrected chi connectivity index (χ2v) is 5.46. The summed E-state index contributed by atoms with van der Waals surface area (Å²) in [6.45, 7) is 3.98. The van der Waals surface area contributed by atoms with Crippen LogP contribution in [0.4, 0.5) is 0 Å². The molecule has 0 radical (unpaired) electrons. The minimum Gasteiger partial charge on any atom is -0.493 e. The summed E-state index contributed by atoms with van der Waals surface area (Å²) < 4.78 is 16.4. The number of ether oxygens (including phenoxy) is 3. The highest BCUT2D eigenvalue weighted by Crippen LogP contribution is 2.37. The number of hydrogen-bond acceptors (Lipinski definition) is 4. The molecule has 0 bridgehead atoms. The minimum atomic E-state index is -0.118. The van der Waals surface area contributed by atoms with E-state index < -0.39 is 0 Å².